The Morgan fingerprint density at radius 2 is 2.38 bits per heavy atom. The quantitative estimate of drug-likeness (QED) is 0.735. The summed E-state index contributed by atoms with van der Waals surface area (Å²) >= 11 is 0. The molecule has 0 heterocycles. The molecule has 0 unspecified atom stereocenters. The molecule has 1 aromatic carbocycles. The number of amides is 1. The lowest BCUT2D eigenvalue weighted by molar-refractivity contribution is -0.116. The van der Waals surface area contributed by atoms with Gasteiger partial charge in [0.1, 0.15) is 0 Å². The van der Waals surface area contributed by atoms with Crippen molar-refractivity contribution in [3.8, 4) is 11.5 Å². The highest BCUT2D eigenvalue weighted by atomic mass is 16.5. The predicted molar refractivity (Wildman–Crippen MR) is 61.6 cm³/mol. The van der Waals surface area contributed by atoms with E-state index in [1.165, 1.54) is 13.2 Å². The lowest BCUT2D eigenvalue weighted by Crippen LogP contribution is -2.23. The molecule has 0 saturated carbocycles. The normalized spacial score (nSPS) is 9.56. The smallest absolute Gasteiger partial charge is 0.243 e. The fourth-order valence-corrected chi connectivity index (χ4v) is 1.28. The van der Waals surface area contributed by atoms with Crippen LogP contribution in [0.25, 0.3) is 0 Å². The first-order chi connectivity index (χ1) is 7.67. The zero-order chi connectivity index (χ0) is 12.0. The fraction of sp³-hybridized carbons (Fsp3) is 0.250. The number of hydrogen-bond donors (Lipinski definition) is 2. The molecule has 1 aromatic rings. The van der Waals surface area contributed by atoms with Gasteiger partial charge in [0.05, 0.1) is 7.11 Å². The molecule has 0 aliphatic rings. The number of ether oxygens (including phenoxy) is 1. The molecular formula is C12H15NO3. The van der Waals surface area contributed by atoms with E-state index < -0.39 is 0 Å². The topological polar surface area (TPSA) is 58.6 Å². The van der Waals surface area contributed by atoms with Crippen molar-refractivity contribution in [2.45, 2.75) is 6.42 Å². The highest BCUT2D eigenvalue weighted by molar-refractivity contribution is 5.86. The number of rotatable bonds is 5. The average molecular weight is 221 g/mol. The molecule has 0 atom stereocenters. The number of methoxy groups -OCH3 is 1. The summed E-state index contributed by atoms with van der Waals surface area (Å²) in [7, 11) is 1.50. The van der Waals surface area contributed by atoms with Crippen LogP contribution >= 0.6 is 0 Å². The van der Waals surface area contributed by atoms with Crippen LogP contribution in [-0.2, 0) is 11.2 Å². The van der Waals surface area contributed by atoms with Gasteiger partial charge in [-0.05, 0) is 30.2 Å². The van der Waals surface area contributed by atoms with Crippen LogP contribution < -0.4 is 10.1 Å². The van der Waals surface area contributed by atoms with Crippen LogP contribution in [0.15, 0.2) is 30.9 Å². The van der Waals surface area contributed by atoms with Crippen molar-refractivity contribution in [1.82, 2.24) is 5.32 Å². The Balaban J connectivity index is 2.54. The molecule has 0 spiro atoms. The first-order valence-electron chi connectivity index (χ1n) is 4.93. The highest BCUT2D eigenvalue weighted by Crippen LogP contribution is 2.26. The second kappa shape index (κ2) is 5.80. The molecule has 0 aliphatic carbocycles. The van der Waals surface area contributed by atoms with E-state index in [0.717, 1.165) is 5.56 Å². The van der Waals surface area contributed by atoms with Crippen LogP contribution in [0.1, 0.15) is 5.56 Å². The van der Waals surface area contributed by atoms with E-state index in [4.69, 9.17) is 4.74 Å². The fourth-order valence-electron chi connectivity index (χ4n) is 1.28. The van der Waals surface area contributed by atoms with Crippen molar-refractivity contribution >= 4 is 5.91 Å². The van der Waals surface area contributed by atoms with Crippen LogP contribution in [0.4, 0.5) is 0 Å². The minimum Gasteiger partial charge on any atom is -0.504 e. The summed E-state index contributed by atoms with van der Waals surface area (Å²) in [5, 5.41) is 12.1. The van der Waals surface area contributed by atoms with Crippen molar-refractivity contribution in [3.05, 3.63) is 36.4 Å². The van der Waals surface area contributed by atoms with E-state index in [1.54, 1.807) is 18.2 Å². The molecule has 1 rings (SSSR count). The van der Waals surface area contributed by atoms with Crippen LogP contribution in [0, 0.1) is 0 Å². The number of phenols is 1. The Hall–Kier alpha value is -1.97. The van der Waals surface area contributed by atoms with Crippen LogP contribution in [0.5, 0.6) is 11.5 Å². The van der Waals surface area contributed by atoms with E-state index in [1.807, 2.05) is 0 Å². The van der Waals surface area contributed by atoms with Gasteiger partial charge in [-0.1, -0.05) is 12.6 Å². The third-order valence-electron chi connectivity index (χ3n) is 2.14. The number of carbonyl (C=O) groups excluding carboxylic acids is 1. The summed E-state index contributed by atoms with van der Waals surface area (Å²) in [5.41, 5.74) is 0.985. The summed E-state index contributed by atoms with van der Waals surface area (Å²) < 4.78 is 4.98. The van der Waals surface area contributed by atoms with E-state index in [9.17, 15) is 9.90 Å². The summed E-state index contributed by atoms with van der Waals surface area (Å²) in [6.07, 6.45) is 1.91. The monoisotopic (exact) mass is 221 g/mol. The van der Waals surface area contributed by atoms with Gasteiger partial charge in [0.25, 0.3) is 0 Å². The van der Waals surface area contributed by atoms with Gasteiger partial charge in [-0.25, -0.2) is 0 Å². The van der Waals surface area contributed by atoms with Gasteiger partial charge in [-0.3, -0.25) is 4.79 Å². The third-order valence-corrected chi connectivity index (χ3v) is 2.14. The van der Waals surface area contributed by atoms with Gasteiger partial charge in [0.15, 0.2) is 11.5 Å². The van der Waals surface area contributed by atoms with Crippen LogP contribution in [0.2, 0.25) is 0 Å². The highest BCUT2D eigenvalue weighted by Gasteiger charge is 2.02. The first kappa shape index (κ1) is 12.1. The number of aromatic hydroxyl groups is 1. The number of phenolic OH excluding ortho intramolecular Hbond substituents is 1. The molecule has 0 aliphatic heterocycles. The van der Waals surface area contributed by atoms with Crippen molar-refractivity contribution in [2.24, 2.45) is 0 Å². The summed E-state index contributed by atoms with van der Waals surface area (Å²) in [4.78, 5) is 10.9. The van der Waals surface area contributed by atoms with Crippen LogP contribution in [0.3, 0.4) is 0 Å². The van der Waals surface area contributed by atoms with Crippen molar-refractivity contribution < 1.29 is 14.6 Å². The lowest BCUT2D eigenvalue weighted by Gasteiger charge is -2.06. The minimum atomic E-state index is -0.189. The second-order valence-corrected chi connectivity index (χ2v) is 3.25. The van der Waals surface area contributed by atoms with Gasteiger partial charge in [0, 0.05) is 6.54 Å². The Morgan fingerprint density at radius 3 is 3.00 bits per heavy atom. The molecule has 16 heavy (non-hydrogen) atoms. The molecule has 86 valence electrons. The summed E-state index contributed by atoms with van der Waals surface area (Å²) in [6.45, 7) is 3.89. The second-order valence-electron chi connectivity index (χ2n) is 3.25. The Bertz CT molecular complexity index is 388. The zero-order valence-corrected chi connectivity index (χ0v) is 9.19. The maximum absolute atomic E-state index is 10.9. The first-order valence-corrected chi connectivity index (χ1v) is 4.93. The van der Waals surface area contributed by atoms with Crippen molar-refractivity contribution in [2.75, 3.05) is 13.7 Å². The third kappa shape index (κ3) is 3.31. The van der Waals surface area contributed by atoms with E-state index in [2.05, 4.69) is 11.9 Å². The predicted octanol–water partition coefficient (Wildman–Crippen LogP) is 1.25. The van der Waals surface area contributed by atoms with Gasteiger partial charge in [-0.15, -0.1) is 0 Å². The molecule has 0 radical (unpaired) electrons. The molecule has 2 N–H and O–H groups in total. The number of carbonyl (C=O) groups is 1. The van der Waals surface area contributed by atoms with E-state index in [0.29, 0.717) is 18.7 Å². The molecular weight excluding hydrogens is 206 g/mol. The maximum Gasteiger partial charge on any atom is 0.243 e. The number of benzene rings is 1. The molecule has 0 bridgehead atoms. The molecule has 4 nitrogen and oxygen atoms in total. The maximum atomic E-state index is 10.9. The average Bonchev–Trinajstić information content (AvgIpc) is 2.31. The Morgan fingerprint density at radius 1 is 1.62 bits per heavy atom. The summed E-state index contributed by atoms with van der Waals surface area (Å²) in [6, 6.07) is 5.11. The van der Waals surface area contributed by atoms with Crippen molar-refractivity contribution in [3.63, 3.8) is 0 Å². The van der Waals surface area contributed by atoms with Crippen LogP contribution in [-0.4, -0.2) is 24.7 Å². The molecule has 4 heteroatoms. The number of hydrogen-bond acceptors (Lipinski definition) is 3. The van der Waals surface area contributed by atoms with E-state index >= 15 is 0 Å². The van der Waals surface area contributed by atoms with Gasteiger partial charge >= 0.3 is 0 Å². The summed E-state index contributed by atoms with van der Waals surface area (Å²) in [5.74, 6) is 0.361. The Labute approximate surface area is 94.6 Å². The van der Waals surface area contributed by atoms with E-state index in [-0.39, 0.29) is 11.7 Å². The number of nitrogens with one attached hydrogen (secondary N) is 1. The lowest BCUT2D eigenvalue weighted by atomic mass is 10.1. The van der Waals surface area contributed by atoms with Gasteiger partial charge in [0.2, 0.25) is 5.91 Å². The zero-order valence-electron chi connectivity index (χ0n) is 9.19. The minimum absolute atomic E-state index is 0.112. The van der Waals surface area contributed by atoms with Crippen molar-refractivity contribution in [1.29, 1.82) is 0 Å². The SMILES string of the molecule is C=CC(=O)NCCc1ccc(O)c(OC)c1. The molecule has 0 aromatic heterocycles. The van der Waals surface area contributed by atoms with Gasteiger partial charge < -0.3 is 15.2 Å². The largest absolute Gasteiger partial charge is 0.504 e. The molecule has 0 fully saturated rings. The van der Waals surface area contributed by atoms with Gasteiger partial charge in [-0.2, -0.15) is 0 Å². The molecule has 0 saturated heterocycles. The molecule has 1 amide bonds. The standard InChI is InChI=1S/C12H15NO3/c1-3-12(15)13-7-6-9-4-5-10(14)11(8-9)16-2/h3-5,8,14H,1,6-7H2,2H3,(H,13,15). The Kier molecular flexibility index (Phi) is 4.39.